The zero-order valence-corrected chi connectivity index (χ0v) is 7.64. The summed E-state index contributed by atoms with van der Waals surface area (Å²) in [5.74, 6) is 0. The predicted molar refractivity (Wildman–Crippen MR) is 46.6 cm³/mol. The second-order valence-electron chi connectivity index (χ2n) is 2.34. The third kappa shape index (κ3) is 2.21. The van der Waals surface area contributed by atoms with E-state index in [2.05, 4.69) is 0 Å². The van der Waals surface area contributed by atoms with Gasteiger partial charge in [-0.2, -0.15) is 8.42 Å². The highest BCUT2D eigenvalue weighted by atomic mass is 32.2. The van der Waals surface area contributed by atoms with Gasteiger partial charge in [-0.15, -0.1) is 4.31 Å². The van der Waals surface area contributed by atoms with Crippen molar-refractivity contribution in [2.24, 2.45) is 0 Å². The molecule has 14 heavy (non-hydrogen) atoms. The first kappa shape index (κ1) is 10.5. The largest absolute Gasteiger partial charge is 0.472 e. The van der Waals surface area contributed by atoms with E-state index in [9.17, 15) is 18.3 Å². The fourth-order valence-corrected chi connectivity index (χ4v) is 1.47. The van der Waals surface area contributed by atoms with Crippen molar-refractivity contribution in [3.63, 3.8) is 0 Å². The molecule has 0 spiro atoms. The van der Waals surface area contributed by atoms with Gasteiger partial charge in [0.2, 0.25) is 0 Å². The summed E-state index contributed by atoms with van der Waals surface area (Å²) in [5.41, 5.74) is -0.199. The molecule has 0 heterocycles. The molecule has 0 saturated heterocycles. The van der Waals surface area contributed by atoms with Crippen molar-refractivity contribution in [2.45, 2.75) is 0 Å². The Hall–Kier alpha value is -1.60. The summed E-state index contributed by atoms with van der Waals surface area (Å²) >= 11 is 0. The Morgan fingerprint density at radius 1 is 1.21 bits per heavy atom. The van der Waals surface area contributed by atoms with Gasteiger partial charge in [-0.1, -0.05) is 18.2 Å². The molecule has 0 unspecified atom stereocenters. The molecule has 0 fully saturated rings. The average molecular weight is 216 g/mol. The number of carbonyl (C=O) groups excluding carboxylic acids is 1. The van der Waals surface area contributed by atoms with Gasteiger partial charge in [-0.05, 0) is 12.1 Å². The molecule has 75 valence electrons. The Labute approximate surface area is 80.3 Å². The second-order valence-corrected chi connectivity index (χ2v) is 3.60. The lowest BCUT2D eigenvalue weighted by atomic mass is 10.3. The van der Waals surface area contributed by atoms with Crippen molar-refractivity contribution < 1.29 is 22.9 Å². The average Bonchev–Trinajstić information content (AvgIpc) is 2.02. The van der Waals surface area contributed by atoms with Gasteiger partial charge >= 0.3 is 16.4 Å². The van der Waals surface area contributed by atoms with Crippen LogP contribution in [0, 0.1) is 0 Å². The molecule has 0 aliphatic heterocycles. The number of carbonyl (C=O) groups is 1. The normalized spacial score (nSPS) is 10.9. The molecule has 1 aromatic rings. The number of nitrogens with zero attached hydrogens (tertiary/aromatic N) is 1. The number of rotatable bonds is 2. The third-order valence-corrected chi connectivity index (χ3v) is 2.21. The standard InChI is InChI=1S/C7H6NO5S/c9-7(10)8(14(11,12)13)6-4-2-1-3-5-6/h1-5H,(H,11,12,13). The highest BCUT2D eigenvalue weighted by Crippen LogP contribution is 2.16. The van der Waals surface area contributed by atoms with Crippen LogP contribution in [0.1, 0.15) is 0 Å². The summed E-state index contributed by atoms with van der Waals surface area (Å²) in [5, 5.41) is 10.4. The minimum atomic E-state index is -4.85. The van der Waals surface area contributed by atoms with E-state index in [0.29, 0.717) is 0 Å². The van der Waals surface area contributed by atoms with Crippen LogP contribution >= 0.6 is 0 Å². The molecule has 0 atom stereocenters. The van der Waals surface area contributed by atoms with Crippen molar-refractivity contribution in [2.75, 3.05) is 4.31 Å². The molecule has 1 rings (SSSR count). The predicted octanol–water partition coefficient (Wildman–Crippen LogP) is 0.846. The fraction of sp³-hybridized carbons (Fsp3) is 0. The van der Waals surface area contributed by atoms with Gasteiger partial charge in [0.25, 0.3) is 0 Å². The summed E-state index contributed by atoms with van der Waals surface area (Å²) < 4.78 is 29.6. The van der Waals surface area contributed by atoms with E-state index in [-0.39, 0.29) is 9.99 Å². The first-order valence-corrected chi connectivity index (χ1v) is 4.86. The molecule has 1 N–H and O–H groups in total. The number of benzene rings is 1. The Balaban J connectivity index is 3.22. The van der Waals surface area contributed by atoms with Crippen LogP contribution in [0.2, 0.25) is 0 Å². The number of anilines is 1. The minimum absolute atomic E-state index is 0.199. The smallest absolute Gasteiger partial charge is 0.269 e. The van der Waals surface area contributed by atoms with Crippen molar-refractivity contribution in [1.29, 1.82) is 0 Å². The van der Waals surface area contributed by atoms with Crippen molar-refractivity contribution in [1.82, 2.24) is 0 Å². The number of hydrogen-bond donors (Lipinski definition) is 1. The fourth-order valence-electron chi connectivity index (χ4n) is 0.896. The SMILES string of the molecule is [O]C(=O)N(c1ccccc1)S(=O)(=O)O. The zero-order valence-electron chi connectivity index (χ0n) is 6.82. The minimum Gasteiger partial charge on any atom is -0.269 e. The van der Waals surface area contributed by atoms with Gasteiger partial charge in [-0.25, -0.2) is 9.90 Å². The van der Waals surface area contributed by atoms with Gasteiger partial charge in [0, 0.05) is 0 Å². The molecule has 0 aliphatic rings. The third-order valence-electron chi connectivity index (χ3n) is 1.39. The van der Waals surface area contributed by atoms with E-state index in [1.165, 1.54) is 24.3 Å². The molecule has 1 radical (unpaired) electrons. The van der Waals surface area contributed by atoms with E-state index in [1.54, 1.807) is 6.07 Å². The van der Waals surface area contributed by atoms with Crippen LogP contribution in [0.5, 0.6) is 0 Å². The molecule has 0 aromatic heterocycles. The van der Waals surface area contributed by atoms with Gasteiger partial charge in [0.05, 0.1) is 5.69 Å². The van der Waals surface area contributed by atoms with Crippen LogP contribution in [-0.4, -0.2) is 19.1 Å². The highest BCUT2D eigenvalue weighted by molar-refractivity contribution is 7.88. The van der Waals surface area contributed by atoms with Crippen LogP contribution in [0.15, 0.2) is 30.3 Å². The highest BCUT2D eigenvalue weighted by Gasteiger charge is 2.27. The van der Waals surface area contributed by atoms with Gasteiger partial charge in [0.1, 0.15) is 0 Å². The molecule has 6 nitrogen and oxygen atoms in total. The molecular formula is C7H6NO5S. The molecule has 1 amide bonds. The Kier molecular flexibility index (Phi) is 2.73. The molecule has 1 aromatic carbocycles. The van der Waals surface area contributed by atoms with Crippen LogP contribution in [0.3, 0.4) is 0 Å². The van der Waals surface area contributed by atoms with Gasteiger partial charge in [-0.3, -0.25) is 4.55 Å². The second kappa shape index (κ2) is 3.64. The number of amides is 1. The van der Waals surface area contributed by atoms with Gasteiger partial charge < -0.3 is 0 Å². The number of hydrogen-bond acceptors (Lipinski definition) is 3. The Morgan fingerprint density at radius 2 is 1.71 bits per heavy atom. The summed E-state index contributed by atoms with van der Waals surface area (Å²) in [6.07, 6.45) is -2.02. The topological polar surface area (TPSA) is 94.6 Å². The van der Waals surface area contributed by atoms with E-state index in [0.717, 1.165) is 0 Å². The lowest BCUT2D eigenvalue weighted by Crippen LogP contribution is -2.34. The van der Waals surface area contributed by atoms with Gasteiger partial charge in [0.15, 0.2) is 0 Å². The zero-order chi connectivity index (χ0) is 10.8. The summed E-state index contributed by atoms with van der Waals surface area (Å²) in [6, 6.07) is 6.85. The van der Waals surface area contributed by atoms with Crippen LogP contribution in [-0.2, 0) is 15.4 Å². The summed E-state index contributed by atoms with van der Waals surface area (Å²) in [6.45, 7) is 0. The molecule has 0 saturated carbocycles. The Morgan fingerprint density at radius 3 is 2.07 bits per heavy atom. The molecule has 0 aliphatic carbocycles. The first-order chi connectivity index (χ1) is 6.43. The summed E-state index contributed by atoms with van der Waals surface area (Å²) in [7, 11) is -4.85. The van der Waals surface area contributed by atoms with Crippen LogP contribution < -0.4 is 4.31 Å². The van der Waals surface area contributed by atoms with E-state index in [4.69, 9.17) is 4.55 Å². The van der Waals surface area contributed by atoms with Crippen molar-refractivity contribution in [3.8, 4) is 0 Å². The maximum atomic E-state index is 10.6. The monoisotopic (exact) mass is 216 g/mol. The quantitative estimate of drug-likeness (QED) is 0.741. The first-order valence-electron chi connectivity index (χ1n) is 3.46. The van der Waals surface area contributed by atoms with E-state index >= 15 is 0 Å². The lowest BCUT2D eigenvalue weighted by Gasteiger charge is -2.12. The number of para-hydroxylation sites is 1. The summed E-state index contributed by atoms with van der Waals surface area (Å²) in [4.78, 5) is 10.4. The van der Waals surface area contributed by atoms with Crippen molar-refractivity contribution in [3.05, 3.63) is 30.3 Å². The van der Waals surface area contributed by atoms with E-state index < -0.39 is 16.4 Å². The Bertz CT molecular complexity index is 427. The molecule has 0 bridgehead atoms. The lowest BCUT2D eigenvalue weighted by molar-refractivity contribution is 0.180. The van der Waals surface area contributed by atoms with Crippen LogP contribution in [0.4, 0.5) is 10.5 Å². The molecular weight excluding hydrogens is 210 g/mol. The van der Waals surface area contributed by atoms with Crippen LogP contribution in [0.25, 0.3) is 0 Å². The molecule has 7 heteroatoms. The van der Waals surface area contributed by atoms with Crippen molar-refractivity contribution >= 4 is 22.1 Å². The maximum Gasteiger partial charge on any atom is 0.472 e. The van der Waals surface area contributed by atoms with E-state index in [1.807, 2.05) is 0 Å². The maximum absolute atomic E-state index is 10.6.